The average molecular weight is 531 g/mol. The van der Waals surface area contributed by atoms with Crippen molar-refractivity contribution >= 4 is 95.2 Å². The molecule has 0 N–H and O–H groups in total. The van der Waals surface area contributed by atoms with E-state index in [-0.39, 0.29) is 95.2 Å². The van der Waals surface area contributed by atoms with Gasteiger partial charge >= 0.3 is 0 Å². The zero-order valence-corrected chi connectivity index (χ0v) is 12.9. The fourth-order valence-corrected chi connectivity index (χ4v) is 0. The van der Waals surface area contributed by atoms with Gasteiger partial charge in [0.25, 0.3) is 0 Å². The van der Waals surface area contributed by atoms with Crippen molar-refractivity contribution in [3.05, 3.63) is 0 Å². The summed E-state index contributed by atoms with van der Waals surface area (Å²) in [5, 5.41) is 0. The summed E-state index contributed by atoms with van der Waals surface area (Å²) < 4.78 is 0. The Labute approximate surface area is 93.7 Å². The van der Waals surface area contributed by atoms with Gasteiger partial charge in [-0.3, -0.25) is 0 Å². The first-order chi connectivity index (χ1) is 0. The van der Waals surface area contributed by atoms with Crippen LogP contribution in [0.3, 0.4) is 0 Å². The van der Waals surface area contributed by atoms with Crippen molar-refractivity contribution in [3.8, 4) is 0 Å². The summed E-state index contributed by atoms with van der Waals surface area (Å²) in [6.07, 6.45) is 0. The molecule has 0 aliphatic rings. The van der Waals surface area contributed by atoms with E-state index >= 15 is 0 Å². The minimum absolute atomic E-state index is 0. The van der Waals surface area contributed by atoms with E-state index < -0.39 is 0 Å². The molecule has 0 heterocycles. The Bertz CT molecular complexity index is 3.61. The molecule has 0 aromatic carbocycles. The monoisotopic (exact) mass is 528 g/mol. The maximum Gasteiger partial charge on any atom is 0 e. The standard InChI is InChI=1S/4BrH.Pb/h4*1H;. The molecule has 0 atom stereocenters. The van der Waals surface area contributed by atoms with Crippen LogP contribution in [0.5, 0.6) is 0 Å². The summed E-state index contributed by atoms with van der Waals surface area (Å²) >= 11 is 0. The van der Waals surface area contributed by atoms with E-state index in [0.717, 1.165) is 0 Å². The van der Waals surface area contributed by atoms with E-state index in [4.69, 9.17) is 0 Å². The van der Waals surface area contributed by atoms with Crippen molar-refractivity contribution in [2.75, 3.05) is 0 Å². The third-order valence-corrected chi connectivity index (χ3v) is 0. The Morgan fingerprint density at radius 3 is 0.400 bits per heavy atom. The maximum atomic E-state index is 0. The Morgan fingerprint density at radius 2 is 0.400 bits per heavy atom. The van der Waals surface area contributed by atoms with Crippen LogP contribution >= 0.6 is 67.9 Å². The number of hydrogen-bond acceptors (Lipinski definition) is 0. The predicted octanol–water partition coefficient (Wildman–Crippen LogP) is 1.93. The Hall–Kier alpha value is 2.84. The van der Waals surface area contributed by atoms with Gasteiger partial charge in [0, 0.05) is 27.3 Å². The van der Waals surface area contributed by atoms with Gasteiger partial charge in [0.15, 0.2) is 0 Å². The molecule has 36 valence electrons. The van der Waals surface area contributed by atoms with Crippen LogP contribution in [0.1, 0.15) is 0 Å². The van der Waals surface area contributed by atoms with Crippen molar-refractivity contribution in [1.29, 1.82) is 0 Å². The Kier molecular flexibility index (Phi) is 263. The van der Waals surface area contributed by atoms with Crippen LogP contribution in [-0.2, 0) is 0 Å². The molecular weight excluding hydrogens is 527 g/mol. The molecule has 0 fully saturated rings. The molecule has 0 aliphatic heterocycles. The summed E-state index contributed by atoms with van der Waals surface area (Å²) in [6.45, 7) is 0. The second-order valence-corrected chi connectivity index (χ2v) is 0. The molecule has 0 saturated heterocycles. The van der Waals surface area contributed by atoms with Crippen LogP contribution in [0.15, 0.2) is 0 Å². The zero-order valence-electron chi connectivity index (χ0n) is 2.13. The first kappa shape index (κ1) is 45.5. The molecule has 0 unspecified atom stereocenters. The molecule has 4 radical (unpaired) electrons. The molecule has 0 aromatic rings. The van der Waals surface area contributed by atoms with Gasteiger partial charge in [-0.25, -0.2) is 0 Å². The Morgan fingerprint density at radius 1 is 0.400 bits per heavy atom. The molecule has 0 nitrogen and oxygen atoms in total. The van der Waals surface area contributed by atoms with Crippen LogP contribution in [-0.4, -0.2) is 27.3 Å². The molecule has 0 saturated carbocycles. The van der Waals surface area contributed by atoms with Crippen molar-refractivity contribution < 1.29 is 0 Å². The van der Waals surface area contributed by atoms with Crippen LogP contribution in [0.4, 0.5) is 0 Å². The van der Waals surface area contributed by atoms with Crippen molar-refractivity contribution in [2.24, 2.45) is 0 Å². The van der Waals surface area contributed by atoms with E-state index in [1.54, 1.807) is 0 Å². The van der Waals surface area contributed by atoms with Crippen LogP contribution in [0, 0.1) is 0 Å². The molecule has 0 amide bonds. The number of rotatable bonds is 0. The maximum absolute atomic E-state index is 0. The summed E-state index contributed by atoms with van der Waals surface area (Å²) in [5.41, 5.74) is 0. The van der Waals surface area contributed by atoms with Crippen LogP contribution < -0.4 is 0 Å². The van der Waals surface area contributed by atoms with Crippen LogP contribution in [0.2, 0.25) is 0 Å². The summed E-state index contributed by atoms with van der Waals surface area (Å²) in [6, 6.07) is 0. The fraction of sp³-hybridized carbons (Fsp3) is 0. The van der Waals surface area contributed by atoms with Gasteiger partial charge < -0.3 is 0 Å². The molecule has 0 spiro atoms. The molecule has 0 bridgehead atoms. The smallest absolute Gasteiger partial charge is 0 e. The molecule has 5 heavy (non-hydrogen) atoms. The van der Waals surface area contributed by atoms with Crippen molar-refractivity contribution in [3.63, 3.8) is 0 Å². The molecule has 0 aromatic heterocycles. The SMILES string of the molecule is Br.Br.Br.Br.[Pb]. The zero-order chi connectivity index (χ0) is 0. The summed E-state index contributed by atoms with van der Waals surface area (Å²) in [7, 11) is 0. The van der Waals surface area contributed by atoms with Gasteiger partial charge in [-0.15, -0.1) is 67.9 Å². The minimum Gasteiger partial charge on any atom is -0.114 e. The van der Waals surface area contributed by atoms with E-state index in [1.807, 2.05) is 0 Å². The summed E-state index contributed by atoms with van der Waals surface area (Å²) in [4.78, 5) is 0. The second-order valence-electron chi connectivity index (χ2n) is 0. The van der Waals surface area contributed by atoms with Gasteiger partial charge in [-0.1, -0.05) is 0 Å². The van der Waals surface area contributed by atoms with E-state index in [0.29, 0.717) is 0 Å². The minimum atomic E-state index is 0. The predicted molar refractivity (Wildman–Crippen MR) is 47.0 cm³/mol. The molecule has 0 aliphatic carbocycles. The number of hydrogen-bond donors (Lipinski definition) is 0. The Balaban J connectivity index is 0. The van der Waals surface area contributed by atoms with Gasteiger partial charge in [-0.2, -0.15) is 0 Å². The first-order valence-corrected chi connectivity index (χ1v) is 0. The van der Waals surface area contributed by atoms with Crippen molar-refractivity contribution in [1.82, 2.24) is 0 Å². The van der Waals surface area contributed by atoms with Gasteiger partial charge in [0.05, 0.1) is 0 Å². The quantitative estimate of drug-likeness (QED) is 0.420. The molecule has 5 heteroatoms. The van der Waals surface area contributed by atoms with Crippen LogP contribution in [0.25, 0.3) is 0 Å². The average Bonchev–Trinajstić information content (AvgIpc) is 0. The third-order valence-electron chi connectivity index (χ3n) is 0. The van der Waals surface area contributed by atoms with E-state index in [1.165, 1.54) is 0 Å². The van der Waals surface area contributed by atoms with Gasteiger partial charge in [0.2, 0.25) is 0 Å². The largest absolute Gasteiger partial charge is 0.114 e. The molecule has 0 rings (SSSR count). The second kappa shape index (κ2) is 28.9. The van der Waals surface area contributed by atoms with Gasteiger partial charge in [-0.05, 0) is 0 Å². The fourth-order valence-electron chi connectivity index (χ4n) is 0. The van der Waals surface area contributed by atoms with Gasteiger partial charge in [0.1, 0.15) is 0 Å². The third kappa shape index (κ3) is 19.9. The van der Waals surface area contributed by atoms with Crippen molar-refractivity contribution in [2.45, 2.75) is 0 Å². The number of halogens is 4. The topological polar surface area (TPSA) is 0 Å². The normalized spacial score (nSPS) is 0. The van der Waals surface area contributed by atoms with E-state index in [9.17, 15) is 0 Å². The molecular formula is H4Br4Pb. The summed E-state index contributed by atoms with van der Waals surface area (Å²) in [5.74, 6) is 0. The first-order valence-electron chi connectivity index (χ1n) is 0. The van der Waals surface area contributed by atoms with E-state index in [2.05, 4.69) is 0 Å².